The number of aromatic nitrogens is 12. The summed E-state index contributed by atoms with van der Waals surface area (Å²) in [6, 6.07) is 54.3. The number of para-hydroxylation sites is 3. The number of anilines is 3. The number of nitrogen functional groups attached to an aromatic ring is 3. The molecule has 18 rings (SSSR count). The maximum Gasteiger partial charge on any atom is 0.246 e. The van der Waals surface area contributed by atoms with Crippen molar-refractivity contribution in [3.63, 3.8) is 0 Å². The van der Waals surface area contributed by atoms with Gasteiger partial charge in [0, 0.05) is 112 Å². The van der Waals surface area contributed by atoms with E-state index in [0.717, 1.165) is 149 Å². The summed E-state index contributed by atoms with van der Waals surface area (Å²) in [5, 5.41) is 17.2. The third-order valence-electron chi connectivity index (χ3n) is 24.3. The largest absolute Gasteiger partial charge is 0.457 e. The number of benzene rings is 6. The Kier molecular flexibility index (Phi) is 26.7. The van der Waals surface area contributed by atoms with Crippen LogP contribution in [0.4, 0.5) is 17.5 Å². The van der Waals surface area contributed by atoms with E-state index >= 15 is 0 Å². The van der Waals surface area contributed by atoms with Gasteiger partial charge in [-0.25, -0.2) is 43.9 Å². The molecule has 122 heavy (non-hydrogen) atoms. The van der Waals surface area contributed by atoms with Crippen molar-refractivity contribution in [2.75, 3.05) is 97.2 Å². The minimum atomic E-state index is -0.00718. The van der Waals surface area contributed by atoms with Crippen LogP contribution in [0.2, 0.25) is 0 Å². The Bertz CT molecular complexity index is 5610. The molecule has 6 aromatic heterocycles. The van der Waals surface area contributed by atoms with Gasteiger partial charge in [-0.05, 0) is 201 Å². The second kappa shape index (κ2) is 39.2. The number of rotatable bonds is 24. The van der Waals surface area contributed by atoms with E-state index in [9.17, 15) is 14.4 Å². The number of nitrogens with two attached hydrogens (primary N) is 3. The third kappa shape index (κ3) is 20.1. The lowest BCUT2D eigenvalue weighted by Crippen LogP contribution is -2.40. The highest BCUT2D eigenvalue weighted by molar-refractivity contribution is 6.01. The molecule has 12 aromatic rings. The molecule has 3 saturated carbocycles. The highest BCUT2D eigenvalue weighted by Crippen LogP contribution is 2.40. The van der Waals surface area contributed by atoms with Gasteiger partial charge in [0.05, 0.1) is 34.3 Å². The van der Waals surface area contributed by atoms with Crippen molar-refractivity contribution in [2.24, 2.45) is 0 Å². The smallest absolute Gasteiger partial charge is 0.246 e. The number of amides is 3. The first-order chi connectivity index (χ1) is 59.7. The summed E-state index contributed by atoms with van der Waals surface area (Å²) in [6.07, 6.45) is 35.5. The van der Waals surface area contributed by atoms with Crippen molar-refractivity contribution in [1.29, 1.82) is 0 Å². The SMILES string of the molecule is CN(C/C=C/C(=O)N1CCC[C@@H](n2nc(-c3ccc(Oc4ccccc4)cc3)c3c(N)ncnc32)C1)C1CC1.CN(C/C=C/C(=O)N1CCC[C@@H](n2nc(-c3ccc(Oc4ccccc4)cc3)c3c(N)ncnc32)C1)C1CCCCC1.CN(C/C=C/C(=O)N1CC[C@@H](n2nc(-c3ccc(Oc4ccccc4)cc3)c3c(N)ncnc32)C1)C1CCCCC1. The Hall–Kier alpha value is -12.7. The van der Waals surface area contributed by atoms with E-state index in [1.54, 1.807) is 18.2 Å². The van der Waals surface area contributed by atoms with Crippen LogP contribution in [0.5, 0.6) is 34.5 Å². The maximum absolute atomic E-state index is 13.2. The Morgan fingerprint density at radius 2 is 0.631 bits per heavy atom. The Labute approximate surface area is 711 Å². The second-order valence-electron chi connectivity index (χ2n) is 32.8. The zero-order valence-corrected chi connectivity index (χ0v) is 69.9. The Morgan fingerprint density at radius 3 is 0.943 bits per heavy atom. The lowest BCUT2D eigenvalue weighted by atomic mass is 9.94. The molecule has 6 fully saturated rings. The zero-order chi connectivity index (χ0) is 83.8. The summed E-state index contributed by atoms with van der Waals surface area (Å²) in [4.78, 5) is 78.4. The van der Waals surface area contributed by atoms with Gasteiger partial charge in [0.2, 0.25) is 17.7 Å². The van der Waals surface area contributed by atoms with Crippen LogP contribution in [0.15, 0.2) is 219 Å². The number of hydrogen-bond acceptors (Lipinski definition) is 21. The first kappa shape index (κ1) is 83.0. The zero-order valence-electron chi connectivity index (χ0n) is 69.9. The molecular weight excluding hydrogens is 1530 g/mol. The molecule has 9 heterocycles. The molecule has 3 aliphatic heterocycles. The summed E-state index contributed by atoms with van der Waals surface area (Å²) in [5.41, 5.74) is 26.0. The molecule has 0 radical (unpaired) electrons. The average molecular weight is 1640 g/mol. The van der Waals surface area contributed by atoms with Gasteiger partial charge in [0.25, 0.3) is 0 Å². The van der Waals surface area contributed by atoms with Crippen LogP contribution in [0, 0.1) is 0 Å². The first-order valence-corrected chi connectivity index (χ1v) is 43.1. The molecule has 0 unspecified atom stereocenters. The van der Waals surface area contributed by atoms with Crippen molar-refractivity contribution in [1.82, 2.24) is 88.6 Å². The molecule has 0 bridgehead atoms. The minimum Gasteiger partial charge on any atom is -0.457 e. The van der Waals surface area contributed by atoms with Crippen molar-refractivity contribution >= 4 is 68.3 Å². The lowest BCUT2D eigenvalue weighted by molar-refractivity contribution is -0.128. The number of ether oxygens (including phenoxy) is 3. The van der Waals surface area contributed by atoms with Gasteiger partial charge >= 0.3 is 0 Å². The molecule has 3 atom stereocenters. The minimum absolute atomic E-state index is 0.00324. The number of carbonyl (C=O) groups is 3. The van der Waals surface area contributed by atoms with Gasteiger partial charge in [-0.15, -0.1) is 0 Å². The number of fused-ring (bicyclic) bond motifs is 3. The van der Waals surface area contributed by atoms with Crippen LogP contribution >= 0.6 is 0 Å². The molecular formula is C95H109N21O6. The second-order valence-corrected chi connectivity index (χ2v) is 32.8. The quantitative estimate of drug-likeness (QED) is 0.0473. The van der Waals surface area contributed by atoms with Crippen LogP contribution in [0.25, 0.3) is 66.9 Å². The van der Waals surface area contributed by atoms with Gasteiger partial charge in [-0.2, -0.15) is 15.3 Å². The van der Waals surface area contributed by atoms with Crippen molar-refractivity contribution < 1.29 is 28.6 Å². The number of hydrogen-bond donors (Lipinski definition) is 3. The predicted octanol–water partition coefficient (Wildman–Crippen LogP) is 16.0. The highest BCUT2D eigenvalue weighted by atomic mass is 16.5. The van der Waals surface area contributed by atoms with E-state index in [2.05, 4.69) is 65.7 Å². The summed E-state index contributed by atoms with van der Waals surface area (Å²) in [7, 11) is 6.44. The van der Waals surface area contributed by atoms with E-state index in [-0.39, 0.29) is 35.8 Å². The molecule has 630 valence electrons. The molecule has 3 amide bonds. The number of likely N-dealkylation sites (N-methyl/N-ethyl adjacent to an activating group) is 3. The molecule has 6 N–H and O–H groups in total. The predicted molar refractivity (Wildman–Crippen MR) is 477 cm³/mol. The van der Waals surface area contributed by atoms with E-state index in [0.29, 0.717) is 78.7 Å². The van der Waals surface area contributed by atoms with E-state index in [1.807, 2.05) is 211 Å². The summed E-state index contributed by atoms with van der Waals surface area (Å²) < 4.78 is 23.7. The van der Waals surface area contributed by atoms with Gasteiger partial charge in [-0.1, -0.05) is 111 Å². The van der Waals surface area contributed by atoms with Gasteiger partial charge in [-0.3, -0.25) is 29.1 Å². The fraction of sp³-hybridized carbons (Fsp3) is 0.368. The Morgan fingerprint density at radius 1 is 0.344 bits per heavy atom. The fourth-order valence-electron chi connectivity index (χ4n) is 17.4. The van der Waals surface area contributed by atoms with Crippen LogP contribution in [0.1, 0.15) is 127 Å². The monoisotopic (exact) mass is 1640 g/mol. The number of nitrogens with zero attached hydrogens (tertiary/aromatic N) is 18. The van der Waals surface area contributed by atoms with Crippen LogP contribution < -0.4 is 31.4 Å². The average Bonchev–Trinajstić information content (AvgIpc) is 1.62. The number of carbonyl (C=O) groups excluding carboxylic acids is 3. The third-order valence-corrected chi connectivity index (χ3v) is 24.3. The van der Waals surface area contributed by atoms with Crippen molar-refractivity contribution in [3.8, 4) is 68.3 Å². The molecule has 6 aromatic carbocycles. The highest BCUT2D eigenvalue weighted by Gasteiger charge is 2.34. The molecule has 6 aliphatic rings. The maximum atomic E-state index is 13.2. The van der Waals surface area contributed by atoms with Gasteiger partial charge < -0.3 is 46.1 Å². The fourth-order valence-corrected chi connectivity index (χ4v) is 17.4. The van der Waals surface area contributed by atoms with Gasteiger partial charge in [0.15, 0.2) is 16.9 Å². The van der Waals surface area contributed by atoms with Crippen LogP contribution in [-0.2, 0) is 14.4 Å². The molecule has 0 spiro atoms. The van der Waals surface area contributed by atoms with Crippen LogP contribution in [0.3, 0.4) is 0 Å². The van der Waals surface area contributed by atoms with Gasteiger partial charge in [0.1, 0.15) is 88.0 Å². The standard InChI is InChI=1S/C33H39N7O2.C32H37N7O2.C30H33N7O2/c1-38(25-10-4-2-5-11-25)20-9-15-29(41)39-21-8-12-26(22-39)40-33-30(32(34)35-23-36-33)31(37-40)24-16-18-28(19-17-24)42-27-13-6-3-7-14-27;1-37(24-9-4-2-5-10-24)19-8-13-28(40)38-20-18-25(21-38)39-32-29(31(33)34-22-35-32)30(36-39)23-14-16-27(17-15-23)41-26-11-6-3-7-12-26;1-35(22-13-14-22)17-6-10-26(38)36-18-5-7-23(19-36)37-30-27(29(31)32-20-33-30)28(34-37)21-11-15-25(16-12-21)39-24-8-3-2-4-9-24/h3,6-7,9,13-19,23,25-26H,2,4-5,8,10-12,20-22H2,1H3,(H2,34,35,36);3,6-8,11-17,22,24-25H,2,4-5,9-10,18-21H2,1H3,(H2,33,34,35);2-4,6,8-12,15-16,20,22-23H,5,7,13-14,17-19H2,1H3,(H2,31,32,33)/b15-9+;13-8+;10-6+/t26-;25-;23-/m111/s1. The lowest BCUT2D eigenvalue weighted by Gasteiger charge is -2.32. The van der Waals surface area contributed by atoms with E-state index in [4.69, 9.17) is 46.7 Å². The number of likely N-dealkylation sites (tertiary alicyclic amines) is 3. The number of piperidine rings is 2. The molecule has 3 saturated heterocycles. The summed E-state index contributed by atoms with van der Waals surface area (Å²) in [5.74, 6) is 5.83. The Balaban J connectivity index is 0.000000136. The molecule has 27 nitrogen and oxygen atoms in total. The summed E-state index contributed by atoms with van der Waals surface area (Å²) >= 11 is 0. The van der Waals surface area contributed by atoms with E-state index < -0.39 is 0 Å². The first-order valence-electron chi connectivity index (χ1n) is 43.1. The van der Waals surface area contributed by atoms with Crippen LogP contribution in [-0.4, -0.2) is 205 Å². The van der Waals surface area contributed by atoms with Crippen molar-refractivity contribution in [3.05, 3.63) is 219 Å². The summed E-state index contributed by atoms with van der Waals surface area (Å²) in [6.45, 7) is 6.27. The molecule has 3 aliphatic carbocycles. The van der Waals surface area contributed by atoms with E-state index in [1.165, 1.54) is 96.0 Å². The molecule has 27 heteroatoms. The normalized spacial score (nSPS) is 18.0. The van der Waals surface area contributed by atoms with Crippen molar-refractivity contribution in [2.45, 2.75) is 145 Å². The topological polar surface area (TPSA) is 307 Å².